The summed E-state index contributed by atoms with van der Waals surface area (Å²) in [5.41, 5.74) is 2.57. The molecule has 0 fully saturated rings. The molecule has 0 bridgehead atoms. The molecule has 0 amide bonds. The third-order valence-electron chi connectivity index (χ3n) is 3.80. The molecule has 21 heavy (non-hydrogen) atoms. The molecule has 0 heterocycles. The van der Waals surface area contributed by atoms with Crippen LogP contribution in [0.4, 0.5) is 5.69 Å². The lowest BCUT2D eigenvalue weighted by Gasteiger charge is -2.20. The van der Waals surface area contributed by atoms with Crippen LogP contribution in [0, 0.1) is 30.1 Å². The van der Waals surface area contributed by atoms with E-state index in [0.29, 0.717) is 23.8 Å². The van der Waals surface area contributed by atoms with Gasteiger partial charge < -0.3 is 10.4 Å². The van der Waals surface area contributed by atoms with E-state index in [1.54, 1.807) is 0 Å². The summed E-state index contributed by atoms with van der Waals surface area (Å²) in [5, 5.41) is 21.2. The molecule has 0 radical (unpaired) electrons. The number of nitrogens with one attached hydrogen (secondary N) is 1. The summed E-state index contributed by atoms with van der Waals surface area (Å²) < 4.78 is 0. The summed E-state index contributed by atoms with van der Waals surface area (Å²) in [6.07, 6.45) is 1.83. The maximum absolute atomic E-state index is 10.7. The van der Waals surface area contributed by atoms with Crippen molar-refractivity contribution in [1.82, 2.24) is 0 Å². The highest BCUT2D eigenvalue weighted by molar-refractivity contribution is 5.66. The second kappa shape index (κ2) is 8.31. The number of rotatable bonds is 8. The molecule has 0 aliphatic heterocycles. The lowest BCUT2D eigenvalue weighted by atomic mass is 9.88. The number of carboxylic acid groups (broad SMARTS) is 1. The molecule has 0 saturated heterocycles. The van der Waals surface area contributed by atoms with E-state index in [1.807, 2.05) is 25.1 Å². The molecule has 1 atom stereocenters. The monoisotopic (exact) mass is 288 g/mol. The SMILES string of the molecule is Cc1ccc(NCCC(CCC(=O)O)C(C)C)c(C#N)c1. The Hall–Kier alpha value is -2.02. The number of hydrogen-bond acceptors (Lipinski definition) is 3. The zero-order valence-electron chi connectivity index (χ0n) is 13.0. The van der Waals surface area contributed by atoms with Crippen LogP contribution in [-0.4, -0.2) is 17.6 Å². The molecule has 2 N–H and O–H groups in total. The summed E-state index contributed by atoms with van der Waals surface area (Å²) in [5.74, 6) is 0.100. The maximum atomic E-state index is 10.7. The number of carbonyl (C=O) groups is 1. The van der Waals surface area contributed by atoms with Gasteiger partial charge in [-0.05, 0) is 49.3 Å². The van der Waals surface area contributed by atoms with E-state index >= 15 is 0 Å². The Morgan fingerprint density at radius 1 is 1.38 bits per heavy atom. The second-order valence-electron chi connectivity index (χ2n) is 5.81. The van der Waals surface area contributed by atoms with Gasteiger partial charge in [0.15, 0.2) is 0 Å². The highest BCUT2D eigenvalue weighted by atomic mass is 16.4. The summed E-state index contributed by atoms with van der Waals surface area (Å²) >= 11 is 0. The molecule has 1 rings (SSSR count). The summed E-state index contributed by atoms with van der Waals surface area (Å²) in [4.78, 5) is 10.7. The van der Waals surface area contributed by atoms with Crippen LogP contribution in [0.2, 0.25) is 0 Å². The van der Waals surface area contributed by atoms with Crippen LogP contribution >= 0.6 is 0 Å². The third kappa shape index (κ3) is 5.86. The average molecular weight is 288 g/mol. The minimum atomic E-state index is -0.737. The van der Waals surface area contributed by atoms with Gasteiger partial charge in [0.25, 0.3) is 0 Å². The molecular weight excluding hydrogens is 264 g/mol. The van der Waals surface area contributed by atoms with Crippen LogP contribution in [-0.2, 0) is 4.79 Å². The van der Waals surface area contributed by atoms with Crippen molar-refractivity contribution in [3.05, 3.63) is 29.3 Å². The maximum Gasteiger partial charge on any atom is 0.303 e. The van der Waals surface area contributed by atoms with Crippen LogP contribution in [0.25, 0.3) is 0 Å². The van der Waals surface area contributed by atoms with Crippen molar-refractivity contribution in [2.45, 2.75) is 40.0 Å². The first-order valence-corrected chi connectivity index (χ1v) is 7.40. The molecular formula is C17H24N2O2. The Bertz CT molecular complexity index is 518. The minimum absolute atomic E-state index is 0.219. The van der Waals surface area contributed by atoms with Gasteiger partial charge in [-0.3, -0.25) is 4.79 Å². The number of aryl methyl sites for hydroxylation is 1. The van der Waals surface area contributed by atoms with Crippen molar-refractivity contribution in [3.8, 4) is 6.07 Å². The smallest absolute Gasteiger partial charge is 0.303 e. The molecule has 4 nitrogen and oxygen atoms in total. The fourth-order valence-electron chi connectivity index (χ4n) is 2.42. The Labute approximate surface area is 126 Å². The molecule has 0 aliphatic rings. The summed E-state index contributed by atoms with van der Waals surface area (Å²) in [6, 6.07) is 7.97. The van der Waals surface area contributed by atoms with Crippen LogP contribution in [0.3, 0.4) is 0 Å². The van der Waals surface area contributed by atoms with E-state index in [0.717, 1.165) is 24.2 Å². The Morgan fingerprint density at radius 2 is 2.10 bits per heavy atom. The highest BCUT2D eigenvalue weighted by Gasteiger charge is 2.15. The van der Waals surface area contributed by atoms with Crippen molar-refractivity contribution in [3.63, 3.8) is 0 Å². The molecule has 0 spiro atoms. The lowest BCUT2D eigenvalue weighted by Crippen LogP contribution is -2.16. The second-order valence-corrected chi connectivity index (χ2v) is 5.81. The normalized spacial score (nSPS) is 12.0. The molecule has 0 aromatic heterocycles. The minimum Gasteiger partial charge on any atom is -0.481 e. The van der Waals surface area contributed by atoms with Gasteiger partial charge >= 0.3 is 5.97 Å². The average Bonchev–Trinajstić information content (AvgIpc) is 2.43. The van der Waals surface area contributed by atoms with Gasteiger partial charge in [-0.2, -0.15) is 5.26 Å². The zero-order chi connectivity index (χ0) is 15.8. The van der Waals surface area contributed by atoms with Crippen molar-refractivity contribution >= 4 is 11.7 Å². The third-order valence-corrected chi connectivity index (χ3v) is 3.80. The van der Waals surface area contributed by atoms with Crippen LogP contribution in [0.15, 0.2) is 18.2 Å². The van der Waals surface area contributed by atoms with E-state index in [9.17, 15) is 4.79 Å². The van der Waals surface area contributed by atoms with Crippen LogP contribution < -0.4 is 5.32 Å². The Balaban J connectivity index is 2.54. The fourth-order valence-corrected chi connectivity index (χ4v) is 2.42. The van der Waals surface area contributed by atoms with E-state index < -0.39 is 5.97 Å². The summed E-state index contributed by atoms with van der Waals surface area (Å²) in [6.45, 7) is 6.96. The van der Waals surface area contributed by atoms with E-state index in [-0.39, 0.29) is 6.42 Å². The van der Waals surface area contributed by atoms with Crippen molar-refractivity contribution in [2.24, 2.45) is 11.8 Å². The van der Waals surface area contributed by atoms with E-state index in [2.05, 4.69) is 25.2 Å². The lowest BCUT2D eigenvalue weighted by molar-refractivity contribution is -0.137. The molecule has 4 heteroatoms. The fraction of sp³-hybridized carbons (Fsp3) is 0.529. The van der Waals surface area contributed by atoms with Gasteiger partial charge in [-0.15, -0.1) is 0 Å². The molecule has 0 aliphatic carbocycles. The van der Waals surface area contributed by atoms with Crippen molar-refractivity contribution < 1.29 is 9.90 Å². The first kappa shape index (κ1) is 17.0. The number of nitrogens with zero attached hydrogens (tertiary/aromatic N) is 1. The summed E-state index contributed by atoms with van der Waals surface area (Å²) in [7, 11) is 0. The Kier molecular flexibility index (Phi) is 6.74. The number of aliphatic carboxylic acids is 1. The molecule has 1 aromatic rings. The van der Waals surface area contributed by atoms with Gasteiger partial charge in [0.1, 0.15) is 6.07 Å². The van der Waals surface area contributed by atoms with Crippen molar-refractivity contribution in [1.29, 1.82) is 5.26 Å². The Morgan fingerprint density at radius 3 is 2.67 bits per heavy atom. The zero-order valence-corrected chi connectivity index (χ0v) is 13.0. The standard InChI is InChI=1S/C17H24N2O2/c1-12(2)14(5-7-17(20)21)8-9-19-16-6-4-13(3)10-15(16)11-18/h4,6,10,12,14,19H,5,7-9H2,1-3H3,(H,20,21). The number of benzene rings is 1. The molecule has 114 valence electrons. The molecule has 0 saturated carbocycles. The van der Waals surface area contributed by atoms with Gasteiger partial charge in [0.2, 0.25) is 0 Å². The quantitative estimate of drug-likeness (QED) is 0.763. The number of carboxylic acids is 1. The van der Waals surface area contributed by atoms with Crippen LogP contribution in [0.5, 0.6) is 0 Å². The largest absolute Gasteiger partial charge is 0.481 e. The number of anilines is 1. The predicted molar refractivity (Wildman–Crippen MR) is 84.2 cm³/mol. The highest BCUT2D eigenvalue weighted by Crippen LogP contribution is 2.22. The van der Waals surface area contributed by atoms with Gasteiger partial charge in [-0.25, -0.2) is 0 Å². The van der Waals surface area contributed by atoms with Gasteiger partial charge in [0.05, 0.1) is 11.3 Å². The van der Waals surface area contributed by atoms with Gasteiger partial charge in [-0.1, -0.05) is 19.9 Å². The molecule has 1 aromatic carbocycles. The topological polar surface area (TPSA) is 73.1 Å². The van der Waals surface area contributed by atoms with Crippen LogP contribution in [0.1, 0.15) is 44.2 Å². The first-order valence-electron chi connectivity index (χ1n) is 7.40. The van der Waals surface area contributed by atoms with E-state index in [4.69, 9.17) is 10.4 Å². The number of hydrogen-bond donors (Lipinski definition) is 2. The predicted octanol–water partition coefficient (Wildman–Crippen LogP) is 3.81. The van der Waals surface area contributed by atoms with E-state index in [1.165, 1.54) is 0 Å². The van der Waals surface area contributed by atoms with Gasteiger partial charge in [0, 0.05) is 13.0 Å². The first-order chi connectivity index (χ1) is 9.93. The molecule has 1 unspecified atom stereocenters. The van der Waals surface area contributed by atoms with Crippen molar-refractivity contribution in [2.75, 3.05) is 11.9 Å². The number of nitriles is 1.